The Morgan fingerprint density at radius 1 is 1.05 bits per heavy atom. The van der Waals surface area contributed by atoms with E-state index < -0.39 is 41.5 Å². The van der Waals surface area contributed by atoms with Crippen molar-refractivity contribution >= 4 is 5.97 Å². The number of carbonyl (C=O) groups is 1. The summed E-state index contributed by atoms with van der Waals surface area (Å²) < 4.78 is 52.1. The van der Waals surface area contributed by atoms with E-state index in [9.17, 15) is 28.2 Å². The lowest BCUT2D eigenvalue weighted by Gasteiger charge is -2.39. The molecule has 2 N–H and O–H groups in total. The summed E-state index contributed by atoms with van der Waals surface area (Å²) in [5, 5.41) is 27.8. The van der Waals surface area contributed by atoms with Gasteiger partial charge in [0.25, 0.3) is 5.89 Å². The van der Waals surface area contributed by atoms with Gasteiger partial charge in [0.15, 0.2) is 0 Å². The first kappa shape index (κ1) is 26.6. The van der Waals surface area contributed by atoms with Crippen LogP contribution in [-0.2, 0) is 11.0 Å². The Morgan fingerprint density at radius 3 is 2.44 bits per heavy atom. The quantitative estimate of drug-likeness (QED) is 0.314. The minimum atomic E-state index is -4.79. The van der Waals surface area contributed by atoms with Crippen LogP contribution >= 0.6 is 0 Å². The topological polar surface area (TPSA) is 126 Å². The third-order valence-electron chi connectivity index (χ3n) is 6.93. The number of carboxylic acid groups (broad SMARTS) is 1. The van der Waals surface area contributed by atoms with Crippen molar-refractivity contribution in [3.8, 4) is 34.3 Å². The summed E-state index contributed by atoms with van der Waals surface area (Å²) in [6.45, 7) is 2.10. The number of rotatable bonds is 7. The lowest BCUT2D eigenvalue weighted by atomic mass is 9.95. The van der Waals surface area contributed by atoms with E-state index in [1.165, 1.54) is 12.1 Å². The van der Waals surface area contributed by atoms with E-state index in [0.717, 1.165) is 12.8 Å². The first-order chi connectivity index (χ1) is 18.6. The number of piperidine rings is 1. The monoisotopic (exact) mass is 542 g/mol. The van der Waals surface area contributed by atoms with Crippen LogP contribution in [0.3, 0.4) is 0 Å². The van der Waals surface area contributed by atoms with Crippen LogP contribution in [0.4, 0.5) is 13.2 Å². The number of carboxylic acids is 1. The molecule has 204 valence electrons. The molecule has 3 heterocycles. The summed E-state index contributed by atoms with van der Waals surface area (Å²) in [5.41, 5.74) is -0.292. The van der Waals surface area contributed by atoms with Crippen molar-refractivity contribution < 1.29 is 37.2 Å². The van der Waals surface area contributed by atoms with Gasteiger partial charge >= 0.3 is 12.1 Å². The molecule has 1 aliphatic heterocycles. The molecule has 5 rings (SSSR count). The molecule has 9 nitrogen and oxygen atoms in total. The zero-order valence-electron chi connectivity index (χ0n) is 20.8. The summed E-state index contributed by atoms with van der Waals surface area (Å²) in [7, 11) is 0. The van der Waals surface area contributed by atoms with Crippen molar-refractivity contribution in [2.24, 2.45) is 0 Å². The van der Waals surface area contributed by atoms with E-state index in [0.29, 0.717) is 17.5 Å². The zero-order valence-corrected chi connectivity index (χ0v) is 20.8. The number of aliphatic carboxylic acids is 1. The Bertz CT molecular complexity index is 1440. The third-order valence-corrected chi connectivity index (χ3v) is 6.93. The number of alkyl halides is 3. The van der Waals surface area contributed by atoms with Crippen LogP contribution in [-0.4, -0.2) is 55.0 Å². The van der Waals surface area contributed by atoms with Crippen LogP contribution in [0.5, 0.6) is 0 Å². The van der Waals surface area contributed by atoms with E-state index >= 15 is 0 Å². The van der Waals surface area contributed by atoms with E-state index in [-0.39, 0.29) is 29.7 Å². The summed E-state index contributed by atoms with van der Waals surface area (Å²) in [5.74, 6) is -2.05. The van der Waals surface area contributed by atoms with E-state index in [2.05, 4.69) is 15.3 Å². The van der Waals surface area contributed by atoms with E-state index in [4.69, 9.17) is 9.05 Å². The van der Waals surface area contributed by atoms with Gasteiger partial charge in [-0.2, -0.15) is 18.2 Å². The number of aliphatic hydroxyl groups excluding tert-OH is 1. The van der Waals surface area contributed by atoms with Crippen molar-refractivity contribution in [1.82, 2.24) is 20.2 Å². The van der Waals surface area contributed by atoms with Crippen molar-refractivity contribution in [1.29, 1.82) is 0 Å². The minimum Gasteiger partial charge on any atom is -0.480 e. The minimum absolute atomic E-state index is 0.0200. The predicted octanol–water partition coefficient (Wildman–Crippen LogP) is 5.44. The maximum Gasteiger partial charge on any atom is 0.422 e. The van der Waals surface area contributed by atoms with Crippen LogP contribution in [0, 0.1) is 0 Å². The van der Waals surface area contributed by atoms with Gasteiger partial charge in [-0.05, 0) is 31.7 Å². The molecule has 1 fully saturated rings. The molecule has 2 aromatic heterocycles. The lowest BCUT2D eigenvalue weighted by Crippen LogP contribution is -2.50. The molecule has 0 amide bonds. The van der Waals surface area contributed by atoms with Crippen molar-refractivity contribution in [2.75, 3.05) is 6.54 Å². The fraction of sp³-hybridized carbons (Fsp3) is 0.333. The number of hydrogen-bond donors (Lipinski definition) is 2. The maximum absolute atomic E-state index is 14.0. The molecule has 0 saturated carbocycles. The number of β-amino-alcohol motifs (C(OH)–C–C–N with tert-alkyl or cyclic N) is 1. The van der Waals surface area contributed by atoms with Crippen LogP contribution in [0.2, 0.25) is 0 Å². The summed E-state index contributed by atoms with van der Waals surface area (Å²) in [6.07, 6.45) is -3.54. The van der Waals surface area contributed by atoms with Crippen LogP contribution in [0.1, 0.15) is 43.4 Å². The second-order valence-corrected chi connectivity index (χ2v) is 9.49. The maximum atomic E-state index is 14.0. The molecular formula is C27H25F3N4O5. The largest absolute Gasteiger partial charge is 0.480 e. The van der Waals surface area contributed by atoms with Gasteiger partial charge in [-0.1, -0.05) is 64.9 Å². The lowest BCUT2D eigenvalue weighted by molar-refractivity contribution is -0.146. The molecule has 0 spiro atoms. The fourth-order valence-corrected chi connectivity index (χ4v) is 4.90. The summed E-state index contributed by atoms with van der Waals surface area (Å²) in [4.78, 5) is 17.6. The molecule has 12 heteroatoms. The second kappa shape index (κ2) is 10.6. The van der Waals surface area contributed by atoms with Gasteiger partial charge in [-0.3, -0.25) is 9.69 Å². The Hall–Kier alpha value is -4.03. The van der Waals surface area contributed by atoms with Gasteiger partial charge in [0.1, 0.15) is 17.3 Å². The molecule has 39 heavy (non-hydrogen) atoms. The predicted molar refractivity (Wildman–Crippen MR) is 132 cm³/mol. The summed E-state index contributed by atoms with van der Waals surface area (Å²) >= 11 is 0. The Balaban J connectivity index is 1.37. The van der Waals surface area contributed by atoms with Gasteiger partial charge in [0.2, 0.25) is 11.6 Å². The summed E-state index contributed by atoms with van der Waals surface area (Å²) in [6, 6.07) is 13.6. The second-order valence-electron chi connectivity index (χ2n) is 9.49. The number of halogens is 3. The first-order valence-corrected chi connectivity index (χ1v) is 12.4. The highest BCUT2D eigenvalue weighted by Gasteiger charge is 2.43. The highest BCUT2D eigenvalue weighted by atomic mass is 19.4. The molecule has 3 atom stereocenters. The average Bonchev–Trinajstić information content (AvgIpc) is 3.58. The standard InChI is InChI=1S/C27H25F3N4O5/c1-15-6-5-9-19(26(36)37)34(15)14-20(35)16-10-12-18(13-11-16)24-31-25(39-33-24)23-21(27(28,29)30)22(32-38-23)17-7-3-2-4-8-17/h2-4,7-8,10-13,15,19-20,35H,5-6,9,14H2,1H3,(H,36,37). The number of nitrogens with zero attached hydrogens (tertiary/aromatic N) is 4. The van der Waals surface area contributed by atoms with Gasteiger partial charge in [0, 0.05) is 23.7 Å². The third kappa shape index (κ3) is 5.43. The van der Waals surface area contributed by atoms with Gasteiger partial charge in [-0.15, -0.1) is 0 Å². The SMILES string of the molecule is CC1CCCC(C(=O)O)N1CC(O)c1ccc(-c2noc(-c3onc(-c4ccccc4)c3C(F)(F)F)n2)cc1. The average molecular weight is 543 g/mol. The first-order valence-electron chi connectivity index (χ1n) is 12.4. The van der Waals surface area contributed by atoms with Crippen LogP contribution in [0.25, 0.3) is 34.3 Å². The Morgan fingerprint density at radius 2 is 1.77 bits per heavy atom. The van der Waals surface area contributed by atoms with Crippen LogP contribution in [0.15, 0.2) is 63.6 Å². The van der Waals surface area contributed by atoms with Gasteiger partial charge < -0.3 is 19.3 Å². The number of benzene rings is 2. The molecule has 1 saturated heterocycles. The van der Waals surface area contributed by atoms with Crippen molar-refractivity contribution in [3.05, 3.63) is 65.7 Å². The van der Waals surface area contributed by atoms with E-state index in [1.807, 2.05) is 6.92 Å². The highest BCUT2D eigenvalue weighted by molar-refractivity contribution is 5.73. The Kier molecular flexibility index (Phi) is 7.23. The smallest absolute Gasteiger partial charge is 0.422 e. The molecule has 3 unspecified atom stereocenters. The Labute approximate surface area is 220 Å². The van der Waals surface area contributed by atoms with Crippen LogP contribution < -0.4 is 0 Å². The van der Waals surface area contributed by atoms with E-state index in [1.54, 1.807) is 47.4 Å². The number of hydrogen-bond acceptors (Lipinski definition) is 8. The zero-order chi connectivity index (χ0) is 27.7. The molecule has 0 bridgehead atoms. The molecule has 1 aliphatic rings. The normalized spacial score (nSPS) is 19.2. The number of aliphatic hydroxyl groups is 1. The number of aromatic nitrogens is 3. The number of likely N-dealkylation sites (tertiary alicyclic amines) is 1. The van der Waals surface area contributed by atoms with Gasteiger partial charge in [0.05, 0.1) is 6.10 Å². The molecule has 4 aromatic rings. The fourth-order valence-electron chi connectivity index (χ4n) is 4.90. The highest BCUT2D eigenvalue weighted by Crippen LogP contribution is 2.43. The van der Waals surface area contributed by atoms with Crippen molar-refractivity contribution in [2.45, 2.75) is 50.6 Å². The van der Waals surface area contributed by atoms with Gasteiger partial charge in [-0.25, -0.2) is 0 Å². The van der Waals surface area contributed by atoms with Crippen molar-refractivity contribution in [3.63, 3.8) is 0 Å². The molecule has 2 aromatic carbocycles. The molecule has 0 aliphatic carbocycles. The molecular weight excluding hydrogens is 517 g/mol. The molecule has 0 radical (unpaired) electrons.